The molecule has 0 radical (unpaired) electrons. The van der Waals surface area contributed by atoms with Crippen molar-refractivity contribution < 1.29 is 0 Å². The van der Waals surface area contributed by atoms with E-state index in [0.717, 1.165) is 22.3 Å². The largest absolute Gasteiger partial charge is 0.0906 e. The predicted octanol–water partition coefficient (Wildman–Crippen LogP) is 7.20. The van der Waals surface area contributed by atoms with Gasteiger partial charge in [0.1, 0.15) is 0 Å². The van der Waals surface area contributed by atoms with E-state index in [-0.39, 0.29) is 0 Å². The van der Waals surface area contributed by atoms with Gasteiger partial charge in [0.2, 0.25) is 0 Å². The summed E-state index contributed by atoms with van der Waals surface area (Å²) in [5.41, 5.74) is 6.82. The molecule has 0 heterocycles. The van der Waals surface area contributed by atoms with Gasteiger partial charge in [-0.2, -0.15) is 0 Å². The summed E-state index contributed by atoms with van der Waals surface area (Å²) < 4.78 is 0. The van der Waals surface area contributed by atoms with Crippen molar-refractivity contribution in [3.8, 4) is 11.1 Å². The highest BCUT2D eigenvalue weighted by atomic mass is 14.1. The standard InChI is InChI=1S/C16H14.C10H8/c1-13(15-9-5-3-6-10-15)14(2)16-11-7-4-8-12-16;1-2-5-9-7-4-8-10(9)6-3-1/h3-12H,1-2H2;1-8H. The summed E-state index contributed by atoms with van der Waals surface area (Å²) in [6, 6.07) is 37.0. The third-order valence-corrected chi connectivity index (χ3v) is 4.27. The summed E-state index contributed by atoms with van der Waals surface area (Å²) in [5.74, 6) is 0. The van der Waals surface area contributed by atoms with E-state index in [1.165, 1.54) is 11.1 Å². The Balaban J connectivity index is 0.000000167. The van der Waals surface area contributed by atoms with E-state index >= 15 is 0 Å². The molecule has 26 heavy (non-hydrogen) atoms. The van der Waals surface area contributed by atoms with Gasteiger partial charge in [-0.15, -0.1) is 0 Å². The van der Waals surface area contributed by atoms with Crippen LogP contribution >= 0.6 is 0 Å². The number of hydrogen-bond acceptors (Lipinski definition) is 0. The first-order chi connectivity index (χ1) is 12.8. The Hall–Kier alpha value is -3.38. The zero-order valence-corrected chi connectivity index (χ0v) is 14.8. The van der Waals surface area contributed by atoms with Crippen LogP contribution in [0.4, 0.5) is 0 Å². The predicted molar refractivity (Wildman–Crippen MR) is 114 cm³/mol. The molecule has 0 spiro atoms. The van der Waals surface area contributed by atoms with Crippen LogP contribution in [-0.2, 0) is 0 Å². The van der Waals surface area contributed by atoms with Crippen molar-refractivity contribution in [3.05, 3.63) is 133 Å². The first-order valence-corrected chi connectivity index (χ1v) is 8.68. The zero-order valence-electron chi connectivity index (χ0n) is 14.8. The van der Waals surface area contributed by atoms with Crippen molar-refractivity contribution in [3.63, 3.8) is 0 Å². The van der Waals surface area contributed by atoms with Crippen LogP contribution in [0, 0.1) is 0 Å². The second-order valence-electron chi connectivity index (χ2n) is 6.04. The summed E-state index contributed by atoms with van der Waals surface area (Å²) in [4.78, 5) is 0. The van der Waals surface area contributed by atoms with Crippen LogP contribution < -0.4 is 0 Å². The molecule has 0 unspecified atom stereocenters. The van der Waals surface area contributed by atoms with Crippen molar-refractivity contribution >= 4 is 11.1 Å². The van der Waals surface area contributed by atoms with Gasteiger partial charge in [-0.3, -0.25) is 0 Å². The van der Waals surface area contributed by atoms with E-state index < -0.39 is 0 Å². The summed E-state index contributed by atoms with van der Waals surface area (Å²) >= 11 is 0. The molecule has 0 aromatic heterocycles. The average Bonchev–Trinajstić information content (AvgIpc) is 3.04. The van der Waals surface area contributed by atoms with Gasteiger partial charge >= 0.3 is 0 Å². The number of allylic oxidation sites excluding steroid dienone is 2. The number of rotatable bonds is 3. The lowest BCUT2D eigenvalue weighted by Crippen LogP contribution is -1.86. The second-order valence-corrected chi connectivity index (χ2v) is 6.04. The van der Waals surface area contributed by atoms with Crippen LogP contribution in [-0.4, -0.2) is 0 Å². The molecule has 2 aliphatic carbocycles. The lowest BCUT2D eigenvalue weighted by molar-refractivity contribution is 1.60. The van der Waals surface area contributed by atoms with Crippen LogP contribution in [0.25, 0.3) is 22.3 Å². The average molecular weight is 334 g/mol. The van der Waals surface area contributed by atoms with Crippen LogP contribution in [0.1, 0.15) is 11.1 Å². The SMILES string of the molecule is C=C(C(=C)c1ccccc1)c1ccccc1.c1ccc2cccc-2cc1. The fraction of sp³-hybridized carbons (Fsp3) is 0. The van der Waals surface area contributed by atoms with Crippen LogP contribution in [0.15, 0.2) is 122 Å². The van der Waals surface area contributed by atoms with E-state index in [2.05, 4.69) is 79.9 Å². The third kappa shape index (κ3) is 4.37. The number of hydrogen-bond donors (Lipinski definition) is 0. The summed E-state index contributed by atoms with van der Waals surface area (Å²) in [7, 11) is 0. The summed E-state index contributed by atoms with van der Waals surface area (Å²) in [5, 5.41) is 0. The Morgan fingerprint density at radius 2 is 0.692 bits per heavy atom. The molecule has 0 saturated heterocycles. The zero-order chi connectivity index (χ0) is 18.2. The van der Waals surface area contributed by atoms with Gasteiger partial charge in [-0.05, 0) is 33.4 Å². The van der Waals surface area contributed by atoms with Gasteiger partial charge in [0.15, 0.2) is 0 Å². The molecule has 0 fully saturated rings. The smallest absolute Gasteiger partial charge is 0.0183 e. The van der Waals surface area contributed by atoms with Gasteiger partial charge in [0, 0.05) is 0 Å². The monoisotopic (exact) mass is 334 g/mol. The number of fused-ring (bicyclic) bond motifs is 1. The minimum absolute atomic E-state index is 0.979. The van der Waals surface area contributed by atoms with Gasteiger partial charge in [-0.1, -0.05) is 122 Å². The van der Waals surface area contributed by atoms with Gasteiger partial charge in [0.05, 0.1) is 0 Å². The van der Waals surface area contributed by atoms with Crippen LogP contribution in [0.3, 0.4) is 0 Å². The molecule has 0 amide bonds. The third-order valence-electron chi connectivity index (χ3n) is 4.27. The Morgan fingerprint density at radius 3 is 1.08 bits per heavy atom. The molecule has 2 aromatic rings. The highest BCUT2D eigenvalue weighted by Crippen LogP contribution is 2.27. The Kier molecular flexibility index (Phi) is 5.80. The minimum Gasteiger partial charge on any atom is -0.0906 e. The molecule has 2 aliphatic rings. The quantitative estimate of drug-likeness (QED) is 0.347. The van der Waals surface area contributed by atoms with Crippen molar-refractivity contribution in [1.82, 2.24) is 0 Å². The van der Waals surface area contributed by atoms with Crippen molar-refractivity contribution in [2.24, 2.45) is 0 Å². The molecule has 0 nitrogen and oxygen atoms in total. The molecule has 0 bridgehead atoms. The van der Waals surface area contributed by atoms with Crippen LogP contribution in [0.2, 0.25) is 0 Å². The molecule has 2 aromatic carbocycles. The lowest BCUT2D eigenvalue weighted by atomic mass is 9.95. The van der Waals surface area contributed by atoms with E-state index in [0.29, 0.717) is 0 Å². The highest BCUT2D eigenvalue weighted by Gasteiger charge is 2.04. The first kappa shape index (κ1) is 17.4. The van der Waals surface area contributed by atoms with Crippen molar-refractivity contribution in [2.45, 2.75) is 0 Å². The summed E-state index contributed by atoms with van der Waals surface area (Å²) in [6.07, 6.45) is 0. The van der Waals surface area contributed by atoms with E-state index in [1.807, 2.05) is 42.5 Å². The molecule has 0 atom stereocenters. The molecule has 0 saturated carbocycles. The first-order valence-electron chi connectivity index (χ1n) is 8.68. The fourth-order valence-electron chi connectivity index (χ4n) is 2.76. The second kappa shape index (κ2) is 8.64. The maximum atomic E-state index is 4.10. The molecular weight excluding hydrogens is 312 g/mol. The molecule has 0 heteroatoms. The van der Waals surface area contributed by atoms with Crippen molar-refractivity contribution in [2.75, 3.05) is 0 Å². The highest BCUT2D eigenvalue weighted by molar-refractivity contribution is 6.02. The fourth-order valence-corrected chi connectivity index (χ4v) is 2.76. The normalized spacial score (nSPS) is 9.85. The lowest BCUT2D eigenvalue weighted by Gasteiger charge is -2.09. The van der Waals surface area contributed by atoms with E-state index in [4.69, 9.17) is 0 Å². The van der Waals surface area contributed by atoms with E-state index in [9.17, 15) is 0 Å². The Bertz CT molecular complexity index is 872. The van der Waals surface area contributed by atoms with Crippen molar-refractivity contribution in [1.29, 1.82) is 0 Å². The maximum absolute atomic E-state index is 4.10. The van der Waals surface area contributed by atoms with E-state index in [1.54, 1.807) is 0 Å². The van der Waals surface area contributed by atoms with Gasteiger partial charge in [-0.25, -0.2) is 0 Å². The summed E-state index contributed by atoms with van der Waals surface area (Å²) in [6.45, 7) is 8.20. The molecular formula is C26H22. The minimum atomic E-state index is 0.979. The van der Waals surface area contributed by atoms with Gasteiger partial charge < -0.3 is 0 Å². The Labute approximate surface area is 156 Å². The maximum Gasteiger partial charge on any atom is -0.0183 e. The molecule has 0 N–H and O–H groups in total. The van der Waals surface area contributed by atoms with Crippen LogP contribution in [0.5, 0.6) is 0 Å². The number of benzene rings is 2. The molecule has 126 valence electrons. The molecule has 0 aliphatic heterocycles. The Morgan fingerprint density at radius 1 is 0.385 bits per heavy atom. The van der Waals surface area contributed by atoms with Gasteiger partial charge in [0.25, 0.3) is 0 Å². The molecule has 4 rings (SSSR count). The topological polar surface area (TPSA) is 0 Å².